The van der Waals surface area contributed by atoms with E-state index >= 15 is 0 Å². The van der Waals surface area contributed by atoms with Crippen LogP contribution >= 0.6 is 24.0 Å². The lowest BCUT2D eigenvalue weighted by molar-refractivity contribution is 0.0992. The van der Waals surface area contributed by atoms with Gasteiger partial charge >= 0.3 is 0 Å². The molecule has 2 aliphatic heterocycles. The van der Waals surface area contributed by atoms with Crippen molar-refractivity contribution in [2.24, 2.45) is 4.99 Å². The smallest absolute Gasteiger partial charge is 0.191 e. The van der Waals surface area contributed by atoms with Crippen molar-refractivity contribution in [2.75, 3.05) is 14.1 Å². The van der Waals surface area contributed by atoms with Crippen molar-refractivity contribution >= 4 is 29.9 Å². The van der Waals surface area contributed by atoms with Gasteiger partial charge in [0.1, 0.15) is 5.76 Å². The van der Waals surface area contributed by atoms with Crippen molar-refractivity contribution in [3.63, 3.8) is 0 Å². The number of halogens is 1. The number of fused-ring (bicyclic) bond motifs is 2. The summed E-state index contributed by atoms with van der Waals surface area (Å²) in [4.78, 5) is 6.67. The SMILES string of the molecule is CN=C(NCc1ccccc1CN(C)Cc1ccco1)NC1CC2CCC1O2.I. The molecule has 2 N–H and O–H groups in total. The van der Waals surface area contributed by atoms with E-state index in [2.05, 4.69) is 51.8 Å². The third-order valence-corrected chi connectivity index (χ3v) is 5.66. The summed E-state index contributed by atoms with van der Waals surface area (Å²) in [5.74, 6) is 1.83. The van der Waals surface area contributed by atoms with E-state index in [0.717, 1.165) is 44.2 Å². The van der Waals surface area contributed by atoms with Gasteiger partial charge in [-0.05, 0) is 49.6 Å². The van der Waals surface area contributed by atoms with Crippen molar-refractivity contribution in [3.8, 4) is 0 Å². The molecule has 0 saturated carbocycles. The van der Waals surface area contributed by atoms with Crippen molar-refractivity contribution in [2.45, 2.75) is 57.1 Å². The minimum Gasteiger partial charge on any atom is -0.468 e. The molecule has 2 aromatic rings. The van der Waals surface area contributed by atoms with Gasteiger partial charge in [-0.3, -0.25) is 9.89 Å². The van der Waals surface area contributed by atoms with E-state index in [1.54, 1.807) is 6.26 Å². The highest BCUT2D eigenvalue weighted by atomic mass is 127. The average Bonchev–Trinajstić information content (AvgIpc) is 3.44. The largest absolute Gasteiger partial charge is 0.468 e. The highest BCUT2D eigenvalue weighted by Crippen LogP contribution is 2.34. The van der Waals surface area contributed by atoms with Crippen LogP contribution in [0.4, 0.5) is 0 Å². The number of hydrogen-bond acceptors (Lipinski definition) is 4. The van der Waals surface area contributed by atoms with Crippen LogP contribution in [0.2, 0.25) is 0 Å². The minimum atomic E-state index is 0. The summed E-state index contributed by atoms with van der Waals surface area (Å²) >= 11 is 0. The van der Waals surface area contributed by atoms with E-state index < -0.39 is 0 Å². The topological polar surface area (TPSA) is 62.0 Å². The summed E-state index contributed by atoms with van der Waals surface area (Å²) in [5, 5.41) is 7.03. The van der Waals surface area contributed by atoms with Crippen molar-refractivity contribution in [1.82, 2.24) is 15.5 Å². The zero-order valence-electron chi connectivity index (χ0n) is 17.1. The lowest BCUT2D eigenvalue weighted by Crippen LogP contribution is -2.47. The van der Waals surface area contributed by atoms with Crippen LogP contribution in [-0.2, 0) is 24.4 Å². The van der Waals surface area contributed by atoms with Crippen molar-refractivity contribution < 1.29 is 9.15 Å². The number of aliphatic imine (C=N–C) groups is 1. The van der Waals surface area contributed by atoms with Crippen LogP contribution in [0.3, 0.4) is 0 Å². The fourth-order valence-electron chi connectivity index (χ4n) is 4.24. The summed E-state index contributed by atoms with van der Waals surface area (Å²) in [6, 6.07) is 12.9. The molecule has 2 saturated heterocycles. The molecule has 2 bridgehead atoms. The van der Waals surface area contributed by atoms with E-state index in [1.807, 2.05) is 19.2 Å². The van der Waals surface area contributed by atoms with E-state index in [9.17, 15) is 0 Å². The summed E-state index contributed by atoms with van der Waals surface area (Å²) < 4.78 is 11.4. The second-order valence-corrected chi connectivity index (χ2v) is 7.81. The maximum Gasteiger partial charge on any atom is 0.191 e. The molecule has 3 heterocycles. The van der Waals surface area contributed by atoms with Crippen LogP contribution in [0.15, 0.2) is 52.1 Å². The number of nitrogens with one attached hydrogen (secondary N) is 2. The quantitative estimate of drug-likeness (QED) is 0.339. The Morgan fingerprint density at radius 1 is 1.14 bits per heavy atom. The fraction of sp³-hybridized carbons (Fsp3) is 0.500. The normalized spacial score (nSPS) is 23.3. The summed E-state index contributed by atoms with van der Waals surface area (Å²) in [7, 11) is 3.94. The Morgan fingerprint density at radius 2 is 1.97 bits per heavy atom. The first kappa shape index (κ1) is 22.1. The first-order chi connectivity index (χ1) is 13.7. The predicted octanol–water partition coefficient (Wildman–Crippen LogP) is 3.51. The Morgan fingerprint density at radius 3 is 2.62 bits per heavy atom. The number of nitrogens with zero attached hydrogens (tertiary/aromatic N) is 2. The standard InChI is InChI=1S/C22H30N4O2.HI/c1-23-22(25-20-12-18-9-10-21(20)28-18)24-13-16-6-3-4-7-17(16)14-26(2)15-19-8-5-11-27-19;/h3-8,11,18,20-21H,9-10,12-15H2,1-2H3,(H2,23,24,25);1H. The first-order valence-corrected chi connectivity index (χ1v) is 10.1. The molecule has 3 atom stereocenters. The molecule has 6 nitrogen and oxygen atoms in total. The molecule has 158 valence electrons. The predicted molar refractivity (Wildman–Crippen MR) is 125 cm³/mol. The van der Waals surface area contributed by atoms with Crippen LogP contribution in [0, 0.1) is 0 Å². The number of hydrogen-bond donors (Lipinski definition) is 2. The molecule has 2 fully saturated rings. The zero-order valence-corrected chi connectivity index (χ0v) is 19.5. The molecule has 1 aromatic heterocycles. The second-order valence-electron chi connectivity index (χ2n) is 7.81. The highest BCUT2D eigenvalue weighted by Gasteiger charge is 2.41. The van der Waals surface area contributed by atoms with Gasteiger partial charge in [0.05, 0.1) is 31.1 Å². The molecule has 7 heteroatoms. The van der Waals surface area contributed by atoms with Crippen LogP contribution in [0.1, 0.15) is 36.1 Å². The van der Waals surface area contributed by atoms with Gasteiger partial charge in [-0.1, -0.05) is 24.3 Å². The van der Waals surface area contributed by atoms with Crippen LogP contribution in [0.5, 0.6) is 0 Å². The van der Waals surface area contributed by atoms with Crippen LogP contribution in [-0.4, -0.2) is 43.2 Å². The molecule has 2 aliphatic rings. The molecule has 0 amide bonds. The van der Waals surface area contributed by atoms with Gasteiger partial charge in [0.25, 0.3) is 0 Å². The van der Waals surface area contributed by atoms with Crippen molar-refractivity contribution in [1.29, 1.82) is 0 Å². The number of ether oxygens (including phenoxy) is 1. The third-order valence-electron chi connectivity index (χ3n) is 5.66. The lowest BCUT2D eigenvalue weighted by atomic mass is 9.96. The molecule has 29 heavy (non-hydrogen) atoms. The molecular weight excluding hydrogens is 479 g/mol. The Labute approximate surface area is 190 Å². The van der Waals surface area contributed by atoms with Gasteiger partial charge < -0.3 is 19.8 Å². The lowest BCUT2D eigenvalue weighted by Gasteiger charge is -2.23. The third kappa shape index (κ3) is 5.73. The van der Waals surface area contributed by atoms with E-state index in [0.29, 0.717) is 18.2 Å². The van der Waals surface area contributed by atoms with Gasteiger partial charge in [-0.2, -0.15) is 0 Å². The van der Waals surface area contributed by atoms with Gasteiger partial charge in [0, 0.05) is 20.1 Å². The molecule has 1 aromatic carbocycles. The monoisotopic (exact) mass is 510 g/mol. The molecule has 4 rings (SSSR count). The van der Waals surface area contributed by atoms with Crippen LogP contribution < -0.4 is 10.6 Å². The van der Waals surface area contributed by atoms with E-state index in [1.165, 1.54) is 17.5 Å². The summed E-state index contributed by atoms with van der Waals surface area (Å²) in [6.45, 7) is 2.40. The molecule has 0 aliphatic carbocycles. The molecular formula is C22H31IN4O2. The Kier molecular flexibility index (Phi) is 7.97. The van der Waals surface area contributed by atoms with Gasteiger partial charge in [0.2, 0.25) is 0 Å². The molecule has 0 radical (unpaired) electrons. The second kappa shape index (κ2) is 10.4. The number of rotatable bonds is 7. The number of guanidine groups is 1. The average molecular weight is 510 g/mol. The zero-order chi connectivity index (χ0) is 19.3. The van der Waals surface area contributed by atoms with Crippen molar-refractivity contribution in [3.05, 3.63) is 59.5 Å². The maximum absolute atomic E-state index is 5.94. The number of benzene rings is 1. The first-order valence-electron chi connectivity index (χ1n) is 10.1. The minimum absolute atomic E-state index is 0. The highest BCUT2D eigenvalue weighted by molar-refractivity contribution is 14.0. The fourth-order valence-corrected chi connectivity index (χ4v) is 4.24. The Bertz CT molecular complexity index is 796. The summed E-state index contributed by atoms with van der Waals surface area (Å²) in [5.41, 5.74) is 2.59. The summed E-state index contributed by atoms with van der Waals surface area (Å²) in [6.07, 6.45) is 5.94. The Balaban J connectivity index is 0.00000240. The van der Waals surface area contributed by atoms with Gasteiger partial charge in [0.15, 0.2) is 5.96 Å². The van der Waals surface area contributed by atoms with Gasteiger partial charge in [-0.15, -0.1) is 24.0 Å². The molecule has 3 unspecified atom stereocenters. The van der Waals surface area contributed by atoms with Gasteiger partial charge in [-0.25, -0.2) is 0 Å². The van der Waals surface area contributed by atoms with Crippen LogP contribution in [0.25, 0.3) is 0 Å². The molecule has 0 spiro atoms. The number of furan rings is 1. The van der Waals surface area contributed by atoms with E-state index in [4.69, 9.17) is 9.15 Å². The Hall–Kier alpha value is -1.58. The maximum atomic E-state index is 5.94. The van der Waals surface area contributed by atoms with E-state index in [-0.39, 0.29) is 24.0 Å².